The van der Waals surface area contributed by atoms with Crippen LogP contribution in [0.15, 0.2) is 60.7 Å². The van der Waals surface area contributed by atoms with E-state index in [1.54, 1.807) is 0 Å². The maximum Gasteiger partial charge on any atom is 0.119 e. The Morgan fingerprint density at radius 2 is 1.60 bits per heavy atom. The highest BCUT2D eigenvalue weighted by atomic mass is 16.5. The van der Waals surface area contributed by atoms with E-state index in [1.807, 2.05) is 48.5 Å². The summed E-state index contributed by atoms with van der Waals surface area (Å²) in [5.74, 6) is 0.780. The van der Waals surface area contributed by atoms with E-state index in [9.17, 15) is 5.11 Å². The Morgan fingerprint density at radius 3 is 2.25 bits per heavy atom. The van der Waals surface area contributed by atoms with Gasteiger partial charge in [0.2, 0.25) is 0 Å². The first kappa shape index (κ1) is 14.6. The van der Waals surface area contributed by atoms with Gasteiger partial charge in [0.25, 0.3) is 0 Å². The fourth-order valence-corrected chi connectivity index (χ4v) is 1.94. The number of para-hydroxylation sites is 1. The van der Waals surface area contributed by atoms with E-state index in [0.29, 0.717) is 13.2 Å². The molecule has 2 aromatic rings. The second-order valence-electron chi connectivity index (χ2n) is 4.82. The third-order valence-corrected chi connectivity index (χ3v) is 3.14. The molecular weight excluding hydrogens is 250 g/mol. The minimum absolute atomic E-state index is 0.211. The molecule has 0 bridgehead atoms. The monoisotopic (exact) mass is 271 g/mol. The van der Waals surface area contributed by atoms with E-state index in [4.69, 9.17) is 4.74 Å². The van der Waals surface area contributed by atoms with Crippen LogP contribution in [-0.2, 0) is 0 Å². The van der Waals surface area contributed by atoms with Crippen molar-refractivity contribution in [3.63, 3.8) is 0 Å². The number of hydrogen-bond acceptors (Lipinski definition) is 3. The number of benzene rings is 2. The Kier molecular flexibility index (Phi) is 5.59. The third kappa shape index (κ3) is 4.68. The van der Waals surface area contributed by atoms with Gasteiger partial charge in [0.15, 0.2) is 0 Å². The van der Waals surface area contributed by atoms with E-state index < -0.39 is 6.10 Å². The second kappa shape index (κ2) is 7.68. The lowest BCUT2D eigenvalue weighted by Gasteiger charge is -2.18. The summed E-state index contributed by atoms with van der Waals surface area (Å²) in [5.41, 5.74) is 1.21. The van der Waals surface area contributed by atoms with Gasteiger partial charge in [0.1, 0.15) is 18.5 Å². The Hall–Kier alpha value is -1.84. The number of aliphatic hydroxyl groups excluding tert-OH is 1. The summed E-state index contributed by atoms with van der Waals surface area (Å²) in [5, 5.41) is 13.2. The summed E-state index contributed by atoms with van der Waals surface area (Å²) < 4.78 is 5.52. The molecular formula is C17H21NO2. The van der Waals surface area contributed by atoms with Gasteiger partial charge in [-0.2, -0.15) is 0 Å². The number of rotatable bonds is 7. The van der Waals surface area contributed by atoms with Crippen LogP contribution < -0.4 is 10.1 Å². The van der Waals surface area contributed by atoms with Crippen LogP contribution in [0.2, 0.25) is 0 Å². The fraction of sp³-hybridized carbons (Fsp3) is 0.294. The number of aliphatic hydroxyl groups is 1. The second-order valence-corrected chi connectivity index (χ2v) is 4.82. The van der Waals surface area contributed by atoms with Crippen LogP contribution in [0.1, 0.15) is 18.5 Å². The van der Waals surface area contributed by atoms with Gasteiger partial charge in [0, 0.05) is 12.6 Å². The summed E-state index contributed by atoms with van der Waals surface area (Å²) >= 11 is 0. The SMILES string of the molecule is C[C@H](NC[C@@H](O)COc1ccccc1)c1ccccc1. The molecule has 0 saturated carbocycles. The molecule has 0 aliphatic rings. The van der Waals surface area contributed by atoms with Crippen LogP contribution in [-0.4, -0.2) is 24.4 Å². The molecule has 0 aliphatic heterocycles. The first-order valence-electron chi connectivity index (χ1n) is 6.90. The normalized spacial score (nSPS) is 13.7. The summed E-state index contributed by atoms with van der Waals surface area (Å²) in [6.45, 7) is 2.88. The van der Waals surface area contributed by atoms with Gasteiger partial charge in [0.05, 0.1) is 0 Å². The van der Waals surface area contributed by atoms with Crippen molar-refractivity contribution in [3.05, 3.63) is 66.2 Å². The predicted molar refractivity (Wildman–Crippen MR) is 80.8 cm³/mol. The predicted octanol–water partition coefficient (Wildman–Crippen LogP) is 2.78. The molecule has 106 valence electrons. The fourth-order valence-electron chi connectivity index (χ4n) is 1.94. The van der Waals surface area contributed by atoms with Crippen LogP contribution in [0.3, 0.4) is 0 Å². The highest BCUT2D eigenvalue weighted by molar-refractivity contribution is 5.21. The minimum atomic E-state index is -0.527. The summed E-state index contributed by atoms with van der Waals surface area (Å²) in [4.78, 5) is 0. The first-order chi connectivity index (χ1) is 9.75. The molecule has 0 radical (unpaired) electrons. The maximum atomic E-state index is 9.92. The smallest absolute Gasteiger partial charge is 0.119 e. The zero-order valence-electron chi connectivity index (χ0n) is 11.7. The van der Waals surface area contributed by atoms with E-state index in [0.717, 1.165) is 5.75 Å². The van der Waals surface area contributed by atoms with Crippen molar-refractivity contribution in [2.24, 2.45) is 0 Å². The number of hydrogen-bond donors (Lipinski definition) is 2. The van der Waals surface area contributed by atoms with Crippen molar-refractivity contribution in [2.75, 3.05) is 13.2 Å². The van der Waals surface area contributed by atoms with Crippen LogP contribution in [0, 0.1) is 0 Å². The zero-order chi connectivity index (χ0) is 14.2. The molecule has 3 nitrogen and oxygen atoms in total. The minimum Gasteiger partial charge on any atom is -0.491 e. The lowest BCUT2D eigenvalue weighted by atomic mass is 10.1. The van der Waals surface area contributed by atoms with Gasteiger partial charge in [-0.25, -0.2) is 0 Å². The molecule has 2 N–H and O–H groups in total. The topological polar surface area (TPSA) is 41.5 Å². The van der Waals surface area contributed by atoms with E-state index in [2.05, 4.69) is 24.4 Å². The number of nitrogens with one attached hydrogen (secondary N) is 1. The van der Waals surface area contributed by atoms with Gasteiger partial charge in [-0.3, -0.25) is 0 Å². The highest BCUT2D eigenvalue weighted by Gasteiger charge is 2.09. The summed E-state index contributed by atoms with van der Waals surface area (Å²) in [7, 11) is 0. The molecule has 3 heteroatoms. The maximum absolute atomic E-state index is 9.92. The molecule has 2 atom stereocenters. The van der Waals surface area contributed by atoms with Gasteiger partial charge in [-0.15, -0.1) is 0 Å². The molecule has 0 unspecified atom stereocenters. The zero-order valence-corrected chi connectivity index (χ0v) is 11.7. The van der Waals surface area contributed by atoms with Crippen molar-refractivity contribution >= 4 is 0 Å². The summed E-state index contributed by atoms with van der Waals surface area (Å²) in [6.07, 6.45) is -0.527. The summed E-state index contributed by atoms with van der Waals surface area (Å²) in [6, 6.07) is 19.9. The molecule has 0 spiro atoms. The molecule has 0 saturated heterocycles. The van der Waals surface area contributed by atoms with Crippen LogP contribution >= 0.6 is 0 Å². The van der Waals surface area contributed by atoms with Gasteiger partial charge in [-0.1, -0.05) is 48.5 Å². The molecule has 2 rings (SSSR count). The largest absolute Gasteiger partial charge is 0.491 e. The molecule has 0 aromatic heterocycles. The van der Waals surface area contributed by atoms with Crippen LogP contribution in [0.5, 0.6) is 5.75 Å². The van der Waals surface area contributed by atoms with Crippen LogP contribution in [0.4, 0.5) is 0 Å². The highest BCUT2D eigenvalue weighted by Crippen LogP contribution is 2.11. The quantitative estimate of drug-likeness (QED) is 0.813. The number of ether oxygens (including phenoxy) is 1. The van der Waals surface area contributed by atoms with Crippen molar-refractivity contribution in [2.45, 2.75) is 19.1 Å². The van der Waals surface area contributed by atoms with E-state index >= 15 is 0 Å². The Labute approximate surface area is 120 Å². The van der Waals surface area contributed by atoms with Gasteiger partial charge in [-0.05, 0) is 24.6 Å². The average Bonchev–Trinajstić information content (AvgIpc) is 2.52. The Bertz CT molecular complexity index is 487. The lowest BCUT2D eigenvalue weighted by molar-refractivity contribution is 0.104. The van der Waals surface area contributed by atoms with Crippen molar-refractivity contribution in [1.82, 2.24) is 5.32 Å². The molecule has 2 aromatic carbocycles. The van der Waals surface area contributed by atoms with Crippen molar-refractivity contribution in [1.29, 1.82) is 0 Å². The average molecular weight is 271 g/mol. The van der Waals surface area contributed by atoms with Gasteiger partial charge < -0.3 is 15.2 Å². The third-order valence-electron chi connectivity index (χ3n) is 3.14. The van der Waals surface area contributed by atoms with E-state index in [-0.39, 0.29) is 6.04 Å². The Morgan fingerprint density at radius 1 is 1.00 bits per heavy atom. The molecule has 0 fully saturated rings. The molecule has 20 heavy (non-hydrogen) atoms. The van der Waals surface area contributed by atoms with Crippen LogP contribution in [0.25, 0.3) is 0 Å². The van der Waals surface area contributed by atoms with Crippen molar-refractivity contribution < 1.29 is 9.84 Å². The molecule has 0 aliphatic carbocycles. The molecule has 0 heterocycles. The van der Waals surface area contributed by atoms with Crippen molar-refractivity contribution in [3.8, 4) is 5.75 Å². The standard InChI is InChI=1S/C17H21NO2/c1-14(15-8-4-2-5-9-15)18-12-16(19)13-20-17-10-6-3-7-11-17/h2-11,14,16,18-19H,12-13H2,1H3/t14-,16+/m0/s1. The lowest BCUT2D eigenvalue weighted by Crippen LogP contribution is -2.33. The van der Waals surface area contributed by atoms with E-state index in [1.165, 1.54) is 5.56 Å². The Balaban J connectivity index is 1.71. The molecule has 0 amide bonds. The first-order valence-corrected chi connectivity index (χ1v) is 6.90. The van der Waals surface area contributed by atoms with Gasteiger partial charge >= 0.3 is 0 Å².